The standard InChI is InChI=1S/C10H17NO3/c1-7-5-8(7)6-11(2)9(12)3-4-10(13)14/h7-8H,3-6H2,1-2H3,(H,13,14). The molecule has 4 heteroatoms. The highest BCUT2D eigenvalue weighted by atomic mass is 16.4. The monoisotopic (exact) mass is 199 g/mol. The summed E-state index contributed by atoms with van der Waals surface area (Å²) in [4.78, 5) is 23.3. The maximum absolute atomic E-state index is 11.4. The van der Waals surface area contributed by atoms with Gasteiger partial charge in [0.15, 0.2) is 0 Å². The van der Waals surface area contributed by atoms with Gasteiger partial charge in [-0.25, -0.2) is 0 Å². The van der Waals surface area contributed by atoms with Crippen molar-refractivity contribution in [3.05, 3.63) is 0 Å². The van der Waals surface area contributed by atoms with E-state index in [9.17, 15) is 9.59 Å². The molecule has 1 rings (SSSR count). The van der Waals surface area contributed by atoms with Gasteiger partial charge in [-0.2, -0.15) is 0 Å². The molecule has 0 aromatic heterocycles. The molecule has 1 aliphatic carbocycles. The van der Waals surface area contributed by atoms with Crippen LogP contribution in [-0.2, 0) is 9.59 Å². The first-order valence-electron chi connectivity index (χ1n) is 4.96. The van der Waals surface area contributed by atoms with Crippen molar-refractivity contribution < 1.29 is 14.7 Å². The molecule has 1 N–H and O–H groups in total. The number of carbonyl (C=O) groups excluding carboxylic acids is 1. The van der Waals surface area contributed by atoms with E-state index in [4.69, 9.17) is 5.11 Å². The Kier molecular flexibility index (Phi) is 3.49. The molecular formula is C10H17NO3. The van der Waals surface area contributed by atoms with Crippen LogP contribution in [0.2, 0.25) is 0 Å². The molecule has 80 valence electrons. The van der Waals surface area contributed by atoms with Crippen molar-refractivity contribution in [2.45, 2.75) is 26.2 Å². The number of aliphatic carboxylic acids is 1. The Morgan fingerprint density at radius 3 is 2.43 bits per heavy atom. The second kappa shape index (κ2) is 4.44. The first-order chi connectivity index (χ1) is 6.50. The van der Waals surface area contributed by atoms with Crippen LogP contribution >= 0.6 is 0 Å². The topological polar surface area (TPSA) is 57.6 Å². The summed E-state index contributed by atoms with van der Waals surface area (Å²) in [6.45, 7) is 2.94. The Morgan fingerprint density at radius 1 is 1.43 bits per heavy atom. The first kappa shape index (κ1) is 11.0. The van der Waals surface area contributed by atoms with Gasteiger partial charge < -0.3 is 10.0 Å². The molecule has 1 fully saturated rings. The molecule has 0 aromatic carbocycles. The maximum atomic E-state index is 11.4. The van der Waals surface area contributed by atoms with E-state index in [1.807, 2.05) is 0 Å². The number of nitrogens with zero attached hydrogens (tertiary/aromatic N) is 1. The zero-order valence-corrected chi connectivity index (χ0v) is 8.69. The van der Waals surface area contributed by atoms with Crippen molar-refractivity contribution >= 4 is 11.9 Å². The predicted octanol–water partition coefficient (Wildman–Crippen LogP) is 0.966. The zero-order chi connectivity index (χ0) is 10.7. The molecule has 0 aromatic rings. The van der Waals surface area contributed by atoms with Gasteiger partial charge in [0.2, 0.25) is 5.91 Å². The number of hydrogen-bond donors (Lipinski definition) is 1. The fourth-order valence-corrected chi connectivity index (χ4v) is 1.51. The van der Waals surface area contributed by atoms with Gasteiger partial charge in [-0.15, -0.1) is 0 Å². The van der Waals surface area contributed by atoms with Gasteiger partial charge in [0.05, 0.1) is 6.42 Å². The van der Waals surface area contributed by atoms with Crippen LogP contribution in [0.4, 0.5) is 0 Å². The van der Waals surface area contributed by atoms with Gasteiger partial charge >= 0.3 is 5.97 Å². The summed E-state index contributed by atoms with van der Waals surface area (Å²) in [6.07, 6.45) is 1.24. The predicted molar refractivity (Wildman–Crippen MR) is 51.8 cm³/mol. The lowest BCUT2D eigenvalue weighted by Gasteiger charge is -2.16. The summed E-state index contributed by atoms with van der Waals surface area (Å²) in [5, 5.41) is 8.41. The summed E-state index contributed by atoms with van der Waals surface area (Å²) in [7, 11) is 1.75. The average molecular weight is 199 g/mol. The fourth-order valence-electron chi connectivity index (χ4n) is 1.51. The van der Waals surface area contributed by atoms with Crippen molar-refractivity contribution in [3.63, 3.8) is 0 Å². The van der Waals surface area contributed by atoms with Crippen molar-refractivity contribution in [2.24, 2.45) is 11.8 Å². The molecule has 2 atom stereocenters. The van der Waals surface area contributed by atoms with Crippen LogP contribution in [0.15, 0.2) is 0 Å². The highest BCUT2D eigenvalue weighted by Crippen LogP contribution is 2.37. The molecule has 14 heavy (non-hydrogen) atoms. The van der Waals surface area contributed by atoms with Crippen LogP contribution in [0.25, 0.3) is 0 Å². The number of carboxylic acid groups (broad SMARTS) is 1. The third kappa shape index (κ3) is 3.36. The molecule has 1 aliphatic rings. The van der Waals surface area contributed by atoms with Crippen LogP contribution in [0.3, 0.4) is 0 Å². The number of rotatable bonds is 5. The minimum absolute atomic E-state index is 0.0634. The normalized spacial score (nSPS) is 24.4. The summed E-state index contributed by atoms with van der Waals surface area (Å²) < 4.78 is 0. The fraction of sp³-hybridized carbons (Fsp3) is 0.800. The summed E-state index contributed by atoms with van der Waals surface area (Å²) in [5.74, 6) is 0.386. The molecule has 1 saturated carbocycles. The largest absolute Gasteiger partial charge is 0.481 e. The molecule has 0 aliphatic heterocycles. The van der Waals surface area contributed by atoms with Gasteiger partial charge in [0.1, 0.15) is 0 Å². The van der Waals surface area contributed by atoms with Crippen molar-refractivity contribution in [2.75, 3.05) is 13.6 Å². The van der Waals surface area contributed by atoms with Crippen LogP contribution in [0, 0.1) is 11.8 Å². The minimum Gasteiger partial charge on any atom is -0.481 e. The third-order valence-electron chi connectivity index (χ3n) is 2.76. The maximum Gasteiger partial charge on any atom is 0.303 e. The smallest absolute Gasteiger partial charge is 0.303 e. The highest BCUT2D eigenvalue weighted by molar-refractivity contribution is 5.80. The Morgan fingerprint density at radius 2 is 2.00 bits per heavy atom. The van der Waals surface area contributed by atoms with E-state index >= 15 is 0 Å². The van der Waals surface area contributed by atoms with Crippen molar-refractivity contribution in [1.29, 1.82) is 0 Å². The van der Waals surface area contributed by atoms with E-state index in [1.165, 1.54) is 6.42 Å². The van der Waals surface area contributed by atoms with E-state index < -0.39 is 5.97 Å². The Balaban J connectivity index is 2.19. The van der Waals surface area contributed by atoms with Crippen LogP contribution < -0.4 is 0 Å². The lowest BCUT2D eigenvalue weighted by Crippen LogP contribution is -2.29. The highest BCUT2D eigenvalue weighted by Gasteiger charge is 2.34. The van der Waals surface area contributed by atoms with E-state index in [-0.39, 0.29) is 18.7 Å². The summed E-state index contributed by atoms with van der Waals surface area (Å²) in [5.41, 5.74) is 0. The Labute approximate surface area is 83.9 Å². The lowest BCUT2D eigenvalue weighted by molar-refractivity contribution is -0.140. The SMILES string of the molecule is CC1CC1CN(C)C(=O)CCC(=O)O. The summed E-state index contributed by atoms with van der Waals surface area (Å²) in [6, 6.07) is 0. The Hall–Kier alpha value is -1.06. The molecule has 0 spiro atoms. The summed E-state index contributed by atoms with van der Waals surface area (Å²) >= 11 is 0. The zero-order valence-electron chi connectivity index (χ0n) is 8.69. The second-order valence-electron chi connectivity index (χ2n) is 4.14. The number of carbonyl (C=O) groups is 2. The molecular weight excluding hydrogens is 182 g/mol. The van der Waals surface area contributed by atoms with E-state index in [0.29, 0.717) is 5.92 Å². The van der Waals surface area contributed by atoms with E-state index in [2.05, 4.69) is 6.92 Å². The van der Waals surface area contributed by atoms with Gasteiger partial charge in [0, 0.05) is 20.0 Å². The van der Waals surface area contributed by atoms with Gasteiger partial charge in [0.25, 0.3) is 0 Å². The van der Waals surface area contributed by atoms with Gasteiger partial charge in [-0.05, 0) is 18.3 Å². The Bertz CT molecular complexity index is 240. The molecule has 2 unspecified atom stereocenters. The van der Waals surface area contributed by atoms with Crippen molar-refractivity contribution in [3.8, 4) is 0 Å². The van der Waals surface area contributed by atoms with Crippen LogP contribution in [0.1, 0.15) is 26.2 Å². The first-order valence-corrected chi connectivity index (χ1v) is 4.96. The average Bonchev–Trinajstić information content (AvgIpc) is 2.77. The molecule has 0 bridgehead atoms. The quantitative estimate of drug-likeness (QED) is 0.717. The van der Waals surface area contributed by atoms with Crippen LogP contribution in [-0.4, -0.2) is 35.5 Å². The minimum atomic E-state index is -0.911. The van der Waals surface area contributed by atoms with E-state index in [1.54, 1.807) is 11.9 Å². The molecule has 0 heterocycles. The van der Waals surface area contributed by atoms with Gasteiger partial charge in [-0.1, -0.05) is 6.92 Å². The third-order valence-corrected chi connectivity index (χ3v) is 2.76. The van der Waals surface area contributed by atoms with Crippen LogP contribution in [0.5, 0.6) is 0 Å². The number of carboxylic acids is 1. The molecule has 0 saturated heterocycles. The lowest BCUT2D eigenvalue weighted by atomic mass is 10.2. The second-order valence-corrected chi connectivity index (χ2v) is 4.14. The van der Waals surface area contributed by atoms with E-state index in [0.717, 1.165) is 12.5 Å². The number of hydrogen-bond acceptors (Lipinski definition) is 2. The number of amides is 1. The van der Waals surface area contributed by atoms with Gasteiger partial charge in [-0.3, -0.25) is 9.59 Å². The van der Waals surface area contributed by atoms with Crippen molar-refractivity contribution in [1.82, 2.24) is 4.90 Å². The molecule has 4 nitrogen and oxygen atoms in total. The molecule has 1 amide bonds. The molecule has 0 radical (unpaired) electrons.